The van der Waals surface area contributed by atoms with Gasteiger partial charge in [0.15, 0.2) is 5.75 Å². The molecule has 1 fully saturated rings. The Hall–Kier alpha value is -3.90. The molecular weight excluding hydrogens is 556 g/mol. The van der Waals surface area contributed by atoms with Crippen molar-refractivity contribution in [3.05, 3.63) is 59.3 Å². The molecule has 226 valence electrons. The molecule has 1 aromatic heterocycles. The Bertz CT molecular complexity index is 1550. The molecule has 1 saturated heterocycles. The standard InChI is InChI=1S/C30H40N6O5S/c1-19-8-9-20(16-25(19)41-26-10-13-31-29(34-26)32-22-11-14-36(5)15-12-22)28(37)33-23-17-21(30(2,3)4)18-24(27(23)40-6)35-42(7,38)39/h8-10,13,16-18,22,35H,11-12,14-15H2,1-7H3,(H,33,37)(H,31,32,34). The fourth-order valence-corrected chi connectivity index (χ4v) is 5.16. The molecule has 11 nitrogen and oxygen atoms in total. The van der Waals surface area contributed by atoms with Crippen molar-refractivity contribution in [2.75, 3.05) is 48.9 Å². The van der Waals surface area contributed by atoms with Crippen molar-refractivity contribution in [2.24, 2.45) is 0 Å². The van der Waals surface area contributed by atoms with Crippen LogP contribution in [0.15, 0.2) is 42.6 Å². The summed E-state index contributed by atoms with van der Waals surface area (Å²) in [7, 11) is -0.0623. The molecule has 1 aliphatic heterocycles. The maximum absolute atomic E-state index is 13.5. The quantitative estimate of drug-likeness (QED) is 0.311. The lowest BCUT2D eigenvalue weighted by Crippen LogP contribution is -2.37. The van der Waals surface area contributed by atoms with Crippen molar-refractivity contribution in [1.82, 2.24) is 14.9 Å². The zero-order chi connectivity index (χ0) is 30.7. The summed E-state index contributed by atoms with van der Waals surface area (Å²) in [5.41, 5.74) is 2.22. The first-order chi connectivity index (χ1) is 19.7. The van der Waals surface area contributed by atoms with Gasteiger partial charge in [0.2, 0.25) is 21.9 Å². The van der Waals surface area contributed by atoms with Gasteiger partial charge >= 0.3 is 0 Å². The van der Waals surface area contributed by atoms with E-state index in [0.29, 0.717) is 34.9 Å². The smallest absolute Gasteiger partial charge is 0.255 e. The molecular formula is C30H40N6O5S. The average molecular weight is 597 g/mol. The summed E-state index contributed by atoms with van der Waals surface area (Å²) >= 11 is 0. The van der Waals surface area contributed by atoms with E-state index >= 15 is 0 Å². The number of benzene rings is 2. The molecule has 42 heavy (non-hydrogen) atoms. The van der Waals surface area contributed by atoms with Crippen molar-refractivity contribution < 1.29 is 22.7 Å². The summed E-state index contributed by atoms with van der Waals surface area (Å²) in [6.07, 6.45) is 4.72. The first kappa shape index (κ1) is 31.0. The number of likely N-dealkylation sites (tertiary alicyclic amines) is 1. The molecule has 0 radical (unpaired) electrons. The minimum Gasteiger partial charge on any atom is -0.492 e. The highest BCUT2D eigenvalue weighted by molar-refractivity contribution is 7.92. The average Bonchev–Trinajstić information content (AvgIpc) is 2.90. The van der Waals surface area contributed by atoms with Gasteiger partial charge in [-0.3, -0.25) is 9.52 Å². The fraction of sp³-hybridized carbons (Fsp3) is 0.433. The molecule has 0 unspecified atom stereocenters. The van der Waals surface area contributed by atoms with E-state index in [4.69, 9.17) is 9.47 Å². The van der Waals surface area contributed by atoms with Crippen molar-refractivity contribution in [1.29, 1.82) is 0 Å². The number of piperidine rings is 1. The van der Waals surface area contributed by atoms with E-state index in [-0.39, 0.29) is 16.9 Å². The fourth-order valence-electron chi connectivity index (χ4n) is 4.61. The van der Waals surface area contributed by atoms with Crippen molar-refractivity contribution >= 4 is 33.3 Å². The van der Waals surface area contributed by atoms with Gasteiger partial charge in [-0.05, 0) is 80.7 Å². The Balaban J connectivity index is 1.57. The lowest BCUT2D eigenvalue weighted by molar-refractivity contribution is 0.102. The van der Waals surface area contributed by atoms with E-state index < -0.39 is 15.9 Å². The van der Waals surface area contributed by atoms with E-state index in [9.17, 15) is 13.2 Å². The lowest BCUT2D eigenvalue weighted by Gasteiger charge is -2.29. The van der Waals surface area contributed by atoms with Gasteiger partial charge in [0.05, 0.1) is 24.7 Å². The van der Waals surface area contributed by atoms with E-state index in [1.807, 2.05) is 27.7 Å². The third-order valence-electron chi connectivity index (χ3n) is 7.05. The minimum absolute atomic E-state index is 0.205. The van der Waals surface area contributed by atoms with Crippen LogP contribution < -0.4 is 24.8 Å². The van der Waals surface area contributed by atoms with Gasteiger partial charge in [0.1, 0.15) is 5.75 Å². The van der Waals surface area contributed by atoms with Crippen molar-refractivity contribution in [3.8, 4) is 17.4 Å². The summed E-state index contributed by atoms with van der Waals surface area (Å²) in [6, 6.07) is 10.6. The monoisotopic (exact) mass is 596 g/mol. The highest BCUT2D eigenvalue weighted by Crippen LogP contribution is 2.39. The van der Waals surface area contributed by atoms with Gasteiger partial charge < -0.3 is 25.0 Å². The number of hydrogen-bond acceptors (Lipinski definition) is 9. The number of amides is 1. The molecule has 1 aliphatic rings. The van der Waals surface area contributed by atoms with Crippen LogP contribution in [0.4, 0.5) is 17.3 Å². The van der Waals surface area contributed by atoms with E-state index in [1.165, 1.54) is 7.11 Å². The number of nitrogens with zero attached hydrogens (tertiary/aromatic N) is 3. The van der Waals surface area contributed by atoms with Gasteiger partial charge in [-0.2, -0.15) is 4.98 Å². The number of methoxy groups -OCH3 is 1. The van der Waals surface area contributed by atoms with Crippen LogP contribution in [0.1, 0.15) is 55.1 Å². The molecule has 0 spiro atoms. The second-order valence-corrected chi connectivity index (χ2v) is 13.5. The van der Waals surface area contributed by atoms with Gasteiger partial charge in [-0.15, -0.1) is 0 Å². The molecule has 2 aromatic carbocycles. The number of ether oxygens (including phenoxy) is 2. The van der Waals surface area contributed by atoms with Crippen molar-refractivity contribution in [2.45, 2.75) is 52.0 Å². The maximum atomic E-state index is 13.5. The number of rotatable bonds is 9. The Morgan fingerprint density at radius 1 is 1.07 bits per heavy atom. The van der Waals surface area contributed by atoms with Crippen LogP contribution in [0.2, 0.25) is 0 Å². The number of anilines is 3. The first-order valence-electron chi connectivity index (χ1n) is 13.8. The number of carbonyl (C=O) groups is 1. The molecule has 4 rings (SSSR count). The molecule has 0 aliphatic carbocycles. The zero-order valence-corrected chi connectivity index (χ0v) is 26.1. The summed E-state index contributed by atoms with van der Waals surface area (Å²) in [6.45, 7) is 9.91. The Labute approximate surface area is 248 Å². The predicted molar refractivity (Wildman–Crippen MR) is 166 cm³/mol. The molecule has 2 heterocycles. The molecule has 1 amide bonds. The number of carbonyl (C=O) groups excluding carboxylic acids is 1. The van der Waals surface area contributed by atoms with E-state index in [0.717, 1.165) is 43.3 Å². The second kappa shape index (κ2) is 12.5. The Morgan fingerprint density at radius 3 is 2.40 bits per heavy atom. The van der Waals surface area contributed by atoms with E-state index in [2.05, 4.69) is 37.3 Å². The summed E-state index contributed by atoms with van der Waals surface area (Å²) in [5, 5.41) is 6.29. The lowest BCUT2D eigenvalue weighted by atomic mass is 9.86. The van der Waals surface area contributed by atoms with Crippen LogP contribution in [0, 0.1) is 6.92 Å². The van der Waals surface area contributed by atoms with Gasteiger partial charge in [-0.1, -0.05) is 26.8 Å². The number of aryl methyl sites for hydroxylation is 1. The molecule has 3 aromatic rings. The largest absolute Gasteiger partial charge is 0.492 e. The van der Waals surface area contributed by atoms with Crippen LogP contribution >= 0.6 is 0 Å². The number of nitrogens with one attached hydrogen (secondary N) is 3. The van der Waals surface area contributed by atoms with Crippen LogP contribution in [-0.4, -0.2) is 68.7 Å². The normalized spacial score (nSPS) is 14.7. The van der Waals surface area contributed by atoms with Gasteiger partial charge in [0, 0.05) is 23.9 Å². The highest BCUT2D eigenvalue weighted by Gasteiger charge is 2.23. The van der Waals surface area contributed by atoms with Gasteiger partial charge in [0.25, 0.3) is 5.91 Å². The Morgan fingerprint density at radius 2 is 1.76 bits per heavy atom. The first-order valence-corrected chi connectivity index (χ1v) is 15.7. The van der Waals surface area contributed by atoms with Gasteiger partial charge in [-0.25, -0.2) is 13.4 Å². The maximum Gasteiger partial charge on any atom is 0.255 e. The molecule has 0 bridgehead atoms. The van der Waals surface area contributed by atoms with Crippen molar-refractivity contribution in [3.63, 3.8) is 0 Å². The summed E-state index contributed by atoms with van der Waals surface area (Å²) in [4.78, 5) is 24.6. The Kier molecular flexibility index (Phi) is 9.27. The number of sulfonamides is 1. The highest BCUT2D eigenvalue weighted by atomic mass is 32.2. The van der Waals surface area contributed by atoms with Crippen LogP contribution in [0.25, 0.3) is 0 Å². The SMILES string of the molecule is COc1c(NC(=O)c2ccc(C)c(Oc3ccnc(NC4CCN(C)CC4)n3)c2)cc(C(C)(C)C)cc1NS(C)(=O)=O. The molecule has 0 saturated carbocycles. The third-order valence-corrected chi connectivity index (χ3v) is 7.64. The predicted octanol–water partition coefficient (Wildman–Crippen LogP) is 5.01. The molecule has 3 N–H and O–H groups in total. The summed E-state index contributed by atoms with van der Waals surface area (Å²) < 4.78 is 38.2. The number of aromatic nitrogens is 2. The van der Waals surface area contributed by atoms with Crippen LogP contribution in [0.3, 0.4) is 0 Å². The minimum atomic E-state index is -3.60. The molecule has 0 atom stereocenters. The van der Waals surface area contributed by atoms with Crippen LogP contribution in [-0.2, 0) is 15.4 Å². The number of hydrogen-bond donors (Lipinski definition) is 3. The van der Waals surface area contributed by atoms with Crippen LogP contribution in [0.5, 0.6) is 17.4 Å². The van der Waals surface area contributed by atoms with E-state index in [1.54, 1.807) is 42.6 Å². The zero-order valence-electron chi connectivity index (χ0n) is 25.2. The second-order valence-electron chi connectivity index (χ2n) is 11.7. The third kappa shape index (κ3) is 8.10. The topological polar surface area (TPSA) is 135 Å². The molecule has 12 heteroatoms. The summed E-state index contributed by atoms with van der Waals surface area (Å²) in [5.74, 6) is 1.12.